The molecule has 0 radical (unpaired) electrons. The Balaban J connectivity index is 1.28. The van der Waals surface area contributed by atoms with Crippen LogP contribution in [-0.4, -0.2) is 89.2 Å². The largest absolute Gasteiger partial charge is 0.398 e. The number of aryl methyl sites for hydroxylation is 1. The third-order valence-corrected chi connectivity index (χ3v) is 11.4. The maximum Gasteiger partial charge on any atom is 0.245 e. The zero-order chi connectivity index (χ0) is 29.4. The molecule has 3 N–H and O–H groups in total. The zero-order valence-corrected chi connectivity index (χ0v) is 25.6. The first kappa shape index (κ1) is 27.9. The standard InChI is InChI=1S/C32H42ClN7O2/c1-4-26(41)38-17-31(18-38)13-23(14-31)40-21(3)27(28-24(15-34)25(35)12-20(2)29(28)33)30(36-40)39-10-9-37(22-6-11-42-16-22)19-32(39)7-5-8-32/h4,12,15,22-23,34H,1,5-11,13-14,16-19,35H2,2-3H3. The van der Waals surface area contributed by atoms with E-state index in [1.54, 1.807) is 0 Å². The second kappa shape index (κ2) is 10.1. The van der Waals surface area contributed by atoms with Crippen LogP contribution >= 0.6 is 11.6 Å². The summed E-state index contributed by atoms with van der Waals surface area (Å²) >= 11 is 7.09. The SMILES string of the molecule is C=CC(=O)N1CC2(CC(n3nc(N4CCN(C5CCOC5)CC45CCC5)c(-c4c(Cl)c(C)cc(N)c4C=N)c3C)C2)C1. The maximum atomic E-state index is 12.1. The number of nitrogens with zero attached hydrogens (tertiary/aromatic N) is 5. The first-order valence-electron chi connectivity index (χ1n) is 15.4. The molecule has 2 aliphatic carbocycles. The molecular formula is C32H42ClN7O2. The summed E-state index contributed by atoms with van der Waals surface area (Å²) < 4.78 is 7.98. The molecule has 1 unspecified atom stereocenters. The summed E-state index contributed by atoms with van der Waals surface area (Å²) in [5.41, 5.74) is 11.7. The highest BCUT2D eigenvalue weighted by atomic mass is 35.5. The maximum absolute atomic E-state index is 12.1. The summed E-state index contributed by atoms with van der Waals surface area (Å²) in [6, 6.07) is 2.63. The summed E-state index contributed by atoms with van der Waals surface area (Å²) in [6.07, 6.45) is 9.35. The van der Waals surface area contributed by atoms with Crippen LogP contribution in [0.4, 0.5) is 11.5 Å². The molecule has 0 bridgehead atoms. The smallest absolute Gasteiger partial charge is 0.245 e. The number of carbonyl (C=O) groups excluding carboxylic acids is 1. The molecule has 10 heteroatoms. The summed E-state index contributed by atoms with van der Waals surface area (Å²) in [5.74, 6) is 0.992. The molecule has 9 nitrogen and oxygen atoms in total. The van der Waals surface area contributed by atoms with Crippen molar-refractivity contribution in [3.8, 4) is 11.1 Å². The number of rotatable bonds is 6. The minimum atomic E-state index is 0.0175. The van der Waals surface area contributed by atoms with Crippen LogP contribution < -0.4 is 10.6 Å². The number of anilines is 2. The fourth-order valence-corrected chi connectivity index (χ4v) is 8.72. The van der Waals surface area contributed by atoms with Gasteiger partial charge in [-0.05, 0) is 70.1 Å². The van der Waals surface area contributed by atoms with Crippen LogP contribution in [0, 0.1) is 24.7 Å². The van der Waals surface area contributed by atoms with Crippen LogP contribution in [-0.2, 0) is 9.53 Å². The van der Waals surface area contributed by atoms with E-state index in [-0.39, 0.29) is 22.9 Å². The average Bonchev–Trinajstić information content (AvgIpc) is 3.56. The monoisotopic (exact) mass is 591 g/mol. The van der Waals surface area contributed by atoms with Crippen LogP contribution in [0.1, 0.15) is 61.4 Å². The predicted octanol–water partition coefficient (Wildman–Crippen LogP) is 4.58. The Morgan fingerprint density at radius 2 is 1.95 bits per heavy atom. The fourth-order valence-electron chi connectivity index (χ4n) is 8.47. The van der Waals surface area contributed by atoms with E-state index in [2.05, 4.69) is 28.0 Å². The Morgan fingerprint density at radius 1 is 1.19 bits per heavy atom. The number of hydrogen-bond donors (Lipinski definition) is 2. The number of hydrogen-bond acceptors (Lipinski definition) is 7. The molecule has 2 spiro atoms. The normalized spacial score (nSPS) is 24.9. The van der Waals surface area contributed by atoms with Crippen molar-refractivity contribution >= 4 is 35.2 Å². The van der Waals surface area contributed by atoms with E-state index in [4.69, 9.17) is 32.6 Å². The molecule has 2 saturated carbocycles. The molecule has 1 atom stereocenters. The number of benzene rings is 1. The molecule has 5 aliphatic rings. The Morgan fingerprint density at radius 3 is 2.57 bits per heavy atom. The van der Waals surface area contributed by atoms with E-state index >= 15 is 0 Å². The van der Waals surface area contributed by atoms with Crippen molar-refractivity contribution < 1.29 is 9.53 Å². The summed E-state index contributed by atoms with van der Waals surface area (Å²) in [6.45, 7) is 13.9. The number of halogens is 1. The lowest BCUT2D eigenvalue weighted by molar-refractivity contribution is -0.149. The van der Waals surface area contributed by atoms with Crippen LogP contribution in [0.15, 0.2) is 18.7 Å². The second-order valence-corrected chi connectivity index (χ2v) is 13.8. The number of carbonyl (C=O) groups is 1. The summed E-state index contributed by atoms with van der Waals surface area (Å²) in [5, 5.41) is 14.4. The number of ether oxygens (including phenoxy) is 1. The summed E-state index contributed by atoms with van der Waals surface area (Å²) in [4.78, 5) is 19.2. The Kier molecular flexibility index (Phi) is 6.71. The molecule has 1 aromatic heterocycles. The number of nitrogens with two attached hydrogens (primary N) is 1. The van der Waals surface area contributed by atoms with Gasteiger partial charge in [0.2, 0.25) is 5.91 Å². The topological polar surface area (TPSA) is 104 Å². The minimum absolute atomic E-state index is 0.0175. The van der Waals surface area contributed by atoms with Crippen molar-refractivity contribution in [2.75, 3.05) is 56.6 Å². The molecule has 1 aromatic carbocycles. The molecule has 3 aliphatic heterocycles. The van der Waals surface area contributed by atoms with Crippen molar-refractivity contribution in [1.82, 2.24) is 19.6 Å². The minimum Gasteiger partial charge on any atom is -0.398 e. The second-order valence-electron chi connectivity index (χ2n) is 13.4. The first-order chi connectivity index (χ1) is 20.2. The quantitative estimate of drug-likeness (QED) is 0.289. The van der Waals surface area contributed by atoms with Gasteiger partial charge in [-0.15, -0.1) is 0 Å². The average molecular weight is 592 g/mol. The number of piperazine rings is 1. The van der Waals surface area contributed by atoms with Crippen molar-refractivity contribution in [1.29, 1.82) is 5.41 Å². The lowest BCUT2D eigenvalue weighted by Crippen LogP contribution is -2.67. The Bertz CT molecular complexity index is 1440. The van der Waals surface area contributed by atoms with Crippen LogP contribution in [0.25, 0.3) is 11.1 Å². The van der Waals surface area contributed by atoms with Gasteiger partial charge >= 0.3 is 0 Å². The molecule has 42 heavy (non-hydrogen) atoms. The van der Waals surface area contributed by atoms with Crippen LogP contribution in [0.3, 0.4) is 0 Å². The number of amides is 1. The van der Waals surface area contributed by atoms with Gasteiger partial charge in [-0.2, -0.15) is 5.10 Å². The number of nitrogen functional groups attached to an aromatic ring is 1. The molecule has 3 saturated heterocycles. The van der Waals surface area contributed by atoms with Gasteiger partial charge in [0.25, 0.3) is 0 Å². The molecule has 224 valence electrons. The highest BCUT2D eigenvalue weighted by molar-refractivity contribution is 6.35. The highest BCUT2D eigenvalue weighted by Crippen LogP contribution is 2.56. The third-order valence-electron chi connectivity index (χ3n) is 10.9. The van der Waals surface area contributed by atoms with Crippen LogP contribution in [0.2, 0.25) is 5.02 Å². The predicted molar refractivity (Wildman–Crippen MR) is 167 cm³/mol. The van der Waals surface area contributed by atoms with E-state index in [9.17, 15) is 4.79 Å². The van der Waals surface area contributed by atoms with Crippen LogP contribution in [0.5, 0.6) is 0 Å². The van der Waals surface area contributed by atoms with Crippen molar-refractivity contribution in [3.05, 3.63) is 40.6 Å². The molecule has 2 aromatic rings. The van der Waals surface area contributed by atoms with Gasteiger partial charge in [0.15, 0.2) is 5.82 Å². The first-order valence-corrected chi connectivity index (χ1v) is 15.8. The molecule has 7 rings (SSSR count). The fraction of sp³-hybridized carbons (Fsp3) is 0.594. The van der Waals surface area contributed by atoms with E-state index in [1.165, 1.54) is 18.7 Å². The third kappa shape index (κ3) is 4.14. The van der Waals surface area contributed by atoms with E-state index < -0.39 is 0 Å². The van der Waals surface area contributed by atoms with Gasteiger partial charge in [0.05, 0.1) is 23.2 Å². The lowest BCUT2D eigenvalue weighted by atomic mass is 9.60. The van der Waals surface area contributed by atoms with Gasteiger partial charge in [-0.25, -0.2) is 0 Å². The number of likely N-dealkylation sites (tertiary alicyclic amines) is 1. The molecule has 4 heterocycles. The van der Waals surface area contributed by atoms with Gasteiger partial charge < -0.3 is 25.7 Å². The highest BCUT2D eigenvalue weighted by Gasteiger charge is 2.55. The summed E-state index contributed by atoms with van der Waals surface area (Å²) in [7, 11) is 0. The molecule has 5 fully saturated rings. The number of aromatic nitrogens is 2. The van der Waals surface area contributed by atoms with Crippen molar-refractivity contribution in [2.45, 2.75) is 70.0 Å². The molecule has 1 amide bonds. The van der Waals surface area contributed by atoms with Crippen molar-refractivity contribution in [2.24, 2.45) is 5.41 Å². The van der Waals surface area contributed by atoms with Gasteiger partial charge in [0.1, 0.15) is 0 Å². The zero-order valence-electron chi connectivity index (χ0n) is 24.8. The van der Waals surface area contributed by atoms with Gasteiger partial charge in [0, 0.05) is 85.1 Å². The van der Waals surface area contributed by atoms with E-state index in [1.807, 2.05) is 17.9 Å². The molecular weight excluding hydrogens is 550 g/mol. The Hall–Kier alpha value is -2.88. The van der Waals surface area contributed by atoms with E-state index in [0.717, 1.165) is 106 Å². The lowest BCUT2D eigenvalue weighted by Gasteiger charge is -2.59. The van der Waals surface area contributed by atoms with Crippen molar-refractivity contribution in [3.63, 3.8) is 0 Å². The Labute approximate surface area is 253 Å². The van der Waals surface area contributed by atoms with Gasteiger partial charge in [-0.3, -0.25) is 14.4 Å². The van der Waals surface area contributed by atoms with E-state index in [0.29, 0.717) is 22.3 Å². The number of nitrogens with one attached hydrogen (secondary N) is 1. The van der Waals surface area contributed by atoms with Gasteiger partial charge in [-0.1, -0.05) is 18.2 Å².